The highest BCUT2D eigenvalue weighted by Crippen LogP contribution is 2.18. The van der Waals surface area contributed by atoms with Crippen LogP contribution in [0.1, 0.15) is 26.2 Å². The summed E-state index contributed by atoms with van der Waals surface area (Å²) in [7, 11) is 0. The average Bonchev–Trinajstić information content (AvgIpc) is 2.77. The fourth-order valence-corrected chi connectivity index (χ4v) is 2.60. The molecule has 4 heteroatoms. The van der Waals surface area contributed by atoms with Crippen LogP contribution in [-0.4, -0.2) is 49.7 Å². The first-order valence-corrected chi connectivity index (χ1v) is 6.41. The summed E-state index contributed by atoms with van der Waals surface area (Å²) in [6.45, 7) is 6.44. The van der Waals surface area contributed by atoms with Gasteiger partial charge in [0.2, 0.25) is 5.91 Å². The Morgan fingerprint density at radius 1 is 1.50 bits per heavy atom. The van der Waals surface area contributed by atoms with Crippen molar-refractivity contribution >= 4 is 5.91 Å². The second-order valence-corrected chi connectivity index (χ2v) is 4.77. The molecule has 0 bridgehead atoms. The lowest BCUT2D eigenvalue weighted by Crippen LogP contribution is -2.51. The van der Waals surface area contributed by atoms with E-state index in [0.29, 0.717) is 11.8 Å². The highest BCUT2D eigenvalue weighted by molar-refractivity contribution is 5.82. The summed E-state index contributed by atoms with van der Waals surface area (Å²) in [4.78, 5) is 14.1. The predicted molar refractivity (Wildman–Crippen MR) is 62.2 cm³/mol. The smallest absolute Gasteiger partial charge is 0.239 e. The minimum atomic E-state index is 0.0565. The van der Waals surface area contributed by atoms with Crippen LogP contribution in [0, 0.1) is 5.92 Å². The van der Waals surface area contributed by atoms with Gasteiger partial charge in [0.1, 0.15) is 0 Å². The first kappa shape index (κ1) is 11.9. The third-order valence-corrected chi connectivity index (χ3v) is 3.48. The second kappa shape index (κ2) is 5.64. The molecule has 0 spiro atoms. The Bertz CT molecular complexity index is 237. The number of likely N-dealkylation sites (N-methyl/N-ethyl adjacent to an activating group) is 1. The number of nitrogens with zero attached hydrogens (tertiary/aromatic N) is 1. The minimum absolute atomic E-state index is 0.0565. The van der Waals surface area contributed by atoms with Crippen molar-refractivity contribution in [1.82, 2.24) is 10.2 Å². The van der Waals surface area contributed by atoms with Gasteiger partial charge in [-0.05, 0) is 25.8 Å². The summed E-state index contributed by atoms with van der Waals surface area (Å²) in [5.41, 5.74) is 0. The number of rotatable bonds is 4. The van der Waals surface area contributed by atoms with Crippen LogP contribution in [0.15, 0.2) is 0 Å². The molecule has 2 fully saturated rings. The fourth-order valence-electron chi connectivity index (χ4n) is 2.60. The molecule has 2 saturated heterocycles. The zero-order valence-electron chi connectivity index (χ0n) is 10.1. The number of ether oxygens (including phenoxy) is 1. The van der Waals surface area contributed by atoms with Gasteiger partial charge in [-0.3, -0.25) is 4.79 Å². The van der Waals surface area contributed by atoms with Crippen molar-refractivity contribution in [3.8, 4) is 0 Å². The van der Waals surface area contributed by atoms with E-state index in [4.69, 9.17) is 4.74 Å². The Morgan fingerprint density at radius 2 is 2.38 bits per heavy atom. The Kier molecular flexibility index (Phi) is 4.18. The van der Waals surface area contributed by atoms with Gasteiger partial charge in [0, 0.05) is 25.6 Å². The van der Waals surface area contributed by atoms with E-state index >= 15 is 0 Å². The van der Waals surface area contributed by atoms with Crippen LogP contribution in [0.2, 0.25) is 0 Å². The molecule has 0 aromatic carbocycles. The van der Waals surface area contributed by atoms with E-state index in [1.165, 1.54) is 0 Å². The van der Waals surface area contributed by atoms with E-state index in [1.807, 2.05) is 4.90 Å². The van der Waals surface area contributed by atoms with Gasteiger partial charge in [-0.15, -0.1) is 0 Å². The number of hydrogen-bond acceptors (Lipinski definition) is 3. The van der Waals surface area contributed by atoms with Gasteiger partial charge in [-0.1, -0.05) is 6.92 Å². The topological polar surface area (TPSA) is 41.6 Å². The minimum Gasteiger partial charge on any atom is -0.381 e. The molecule has 4 nitrogen and oxygen atoms in total. The molecular formula is C12H22N2O2. The molecule has 16 heavy (non-hydrogen) atoms. The maximum absolute atomic E-state index is 12.1. The zero-order valence-corrected chi connectivity index (χ0v) is 10.1. The molecule has 1 amide bonds. The van der Waals surface area contributed by atoms with Crippen molar-refractivity contribution in [1.29, 1.82) is 0 Å². The zero-order chi connectivity index (χ0) is 11.4. The van der Waals surface area contributed by atoms with Gasteiger partial charge < -0.3 is 15.0 Å². The largest absolute Gasteiger partial charge is 0.381 e. The van der Waals surface area contributed by atoms with E-state index in [2.05, 4.69) is 12.2 Å². The van der Waals surface area contributed by atoms with E-state index in [1.54, 1.807) is 0 Å². The van der Waals surface area contributed by atoms with Crippen LogP contribution in [-0.2, 0) is 9.53 Å². The number of hydrogen-bond donors (Lipinski definition) is 1. The quantitative estimate of drug-likeness (QED) is 0.764. The first-order valence-electron chi connectivity index (χ1n) is 6.41. The molecule has 1 N–H and O–H groups in total. The highest BCUT2D eigenvalue weighted by atomic mass is 16.5. The number of nitrogens with one attached hydrogen (secondary N) is 1. The second-order valence-electron chi connectivity index (χ2n) is 4.77. The summed E-state index contributed by atoms with van der Waals surface area (Å²) < 4.78 is 5.35. The van der Waals surface area contributed by atoms with Crippen molar-refractivity contribution in [2.75, 3.05) is 32.8 Å². The van der Waals surface area contributed by atoms with Gasteiger partial charge in [-0.25, -0.2) is 0 Å². The maximum Gasteiger partial charge on any atom is 0.239 e. The normalized spacial score (nSPS) is 31.1. The van der Waals surface area contributed by atoms with Crippen LogP contribution >= 0.6 is 0 Å². The molecule has 0 saturated carbocycles. The van der Waals surface area contributed by atoms with E-state index < -0.39 is 0 Å². The summed E-state index contributed by atoms with van der Waals surface area (Å²) in [5, 5.41) is 3.27. The van der Waals surface area contributed by atoms with E-state index in [0.717, 1.165) is 52.1 Å². The number of piperidine rings is 1. The Balaban J connectivity index is 1.85. The lowest BCUT2D eigenvalue weighted by Gasteiger charge is -2.34. The van der Waals surface area contributed by atoms with E-state index in [9.17, 15) is 4.79 Å². The molecule has 0 radical (unpaired) electrons. The maximum atomic E-state index is 12.1. The number of carbonyl (C=O) groups is 1. The molecule has 2 rings (SSSR count). The van der Waals surface area contributed by atoms with Crippen molar-refractivity contribution in [3.63, 3.8) is 0 Å². The molecule has 2 heterocycles. The number of amides is 1. The van der Waals surface area contributed by atoms with Gasteiger partial charge in [-0.2, -0.15) is 0 Å². The Labute approximate surface area is 97.3 Å². The van der Waals surface area contributed by atoms with Gasteiger partial charge >= 0.3 is 0 Å². The van der Waals surface area contributed by atoms with Crippen molar-refractivity contribution in [2.24, 2.45) is 5.92 Å². The molecule has 2 unspecified atom stereocenters. The third-order valence-electron chi connectivity index (χ3n) is 3.48. The highest BCUT2D eigenvalue weighted by Gasteiger charge is 2.30. The lowest BCUT2D eigenvalue weighted by atomic mass is 10.0. The summed E-state index contributed by atoms with van der Waals surface area (Å²) >= 11 is 0. The first-order chi connectivity index (χ1) is 7.81. The standard InChI is InChI=1S/C12H22N2O2/c1-2-13-11-4-3-6-14(12(11)15)8-10-5-7-16-9-10/h10-11,13H,2-9H2,1H3. The summed E-state index contributed by atoms with van der Waals surface area (Å²) in [6.07, 6.45) is 3.22. The Hall–Kier alpha value is -0.610. The molecule has 0 aromatic rings. The monoisotopic (exact) mass is 226 g/mol. The summed E-state index contributed by atoms with van der Waals surface area (Å²) in [6, 6.07) is 0.0565. The van der Waals surface area contributed by atoms with Gasteiger partial charge in [0.15, 0.2) is 0 Å². The lowest BCUT2D eigenvalue weighted by molar-refractivity contribution is -0.136. The Morgan fingerprint density at radius 3 is 3.06 bits per heavy atom. The molecule has 2 atom stereocenters. The van der Waals surface area contributed by atoms with Crippen LogP contribution in [0.4, 0.5) is 0 Å². The van der Waals surface area contributed by atoms with Crippen LogP contribution in [0.3, 0.4) is 0 Å². The van der Waals surface area contributed by atoms with Crippen LogP contribution in [0.5, 0.6) is 0 Å². The third kappa shape index (κ3) is 2.74. The predicted octanol–water partition coefficient (Wildman–Crippen LogP) is 0.623. The average molecular weight is 226 g/mol. The summed E-state index contributed by atoms with van der Waals surface area (Å²) in [5.74, 6) is 0.851. The molecular weight excluding hydrogens is 204 g/mol. The van der Waals surface area contributed by atoms with Crippen molar-refractivity contribution < 1.29 is 9.53 Å². The number of likely N-dealkylation sites (tertiary alicyclic amines) is 1. The SMILES string of the molecule is CCNC1CCCN(CC2CCOC2)C1=O. The fraction of sp³-hybridized carbons (Fsp3) is 0.917. The van der Waals surface area contributed by atoms with Gasteiger partial charge in [0.05, 0.1) is 12.6 Å². The molecule has 2 aliphatic rings. The van der Waals surface area contributed by atoms with Crippen molar-refractivity contribution in [2.45, 2.75) is 32.2 Å². The molecule has 92 valence electrons. The van der Waals surface area contributed by atoms with Crippen LogP contribution < -0.4 is 5.32 Å². The molecule has 0 aliphatic carbocycles. The molecule has 2 aliphatic heterocycles. The van der Waals surface area contributed by atoms with Crippen LogP contribution in [0.25, 0.3) is 0 Å². The number of carbonyl (C=O) groups excluding carboxylic acids is 1. The van der Waals surface area contributed by atoms with E-state index in [-0.39, 0.29) is 6.04 Å². The van der Waals surface area contributed by atoms with Gasteiger partial charge in [0.25, 0.3) is 0 Å². The molecule has 0 aromatic heterocycles. The van der Waals surface area contributed by atoms with Crippen molar-refractivity contribution in [3.05, 3.63) is 0 Å².